The summed E-state index contributed by atoms with van der Waals surface area (Å²) < 4.78 is 6.81. The van der Waals surface area contributed by atoms with Crippen LogP contribution in [0.25, 0.3) is 5.69 Å². The lowest BCUT2D eigenvalue weighted by molar-refractivity contribution is -0.149. The first-order chi connectivity index (χ1) is 11.7. The van der Waals surface area contributed by atoms with Crippen molar-refractivity contribution < 1.29 is 14.3 Å². The summed E-state index contributed by atoms with van der Waals surface area (Å²) in [5, 5.41) is 4.19. The van der Waals surface area contributed by atoms with Crippen LogP contribution in [0.5, 0.6) is 0 Å². The lowest BCUT2D eigenvalue weighted by Crippen LogP contribution is -2.42. The second kappa shape index (κ2) is 7.29. The molecule has 1 aromatic carbocycles. The van der Waals surface area contributed by atoms with Gasteiger partial charge in [0.2, 0.25) is 0 Å². The molecule has 1 fully saturated rings. The van der Waals surface area contributed by atoms with Crippen molar-refractivity contribution in [3.05, 3.63) is 48.3 Å². The van der Waals surface area contributed by atoms with E-state index in [0.717, 1.165) is 18.5 Å². The van der Waals surface area contributed by atoms with Crippen molar-refractivity contribution in [3.8, 4) is 5.69 Å². The Morgan fingerprint density at radius 2 is 2.21 bits per heavy atom. The number of benzene rings is 1. The van der Waals surface area contributed by atoms with Gasteiger partial charge in [-0.15, -0.1) is 0 Å². The van der Waals surface area contributed by atoms with Crippen molar-refractivity contribution in [2.24, 2.45) is 5.92 Å². The molecule has 2 aromatic rings. The lowest BCUT2D eigenvalue weighted by atomic mass is 9.97. The van der Waals surface area contributed by atoms with E-state index in [4.69, 9.17) is 4.74 Å². The van der Waals surface area contributed by atoms with Crippen LogP contribution in [0.4, 0.5) is 0 Å². The number of hydrogen-bond donors (Lipinski definition) is 0. The van der Waals surface area contributed by atoms with Crippen LogP contribution in [0.1, 0.15) is 30.1 Å². The van der Waals surface area contributed by atoms with E-state index in [1.54, 1.807) is 28.8 Å². The number of carbonyl (C=O) groups is 2. The molecule has 1 unspecified atom stereocenters. The van der Waals surface area contributed by atoms with Crippen LogP contribution in [0.2, 0.25) is 0 Å². The Kier molecular flexibility index (Phi) is 4.93. The normalized spacial score (nSPS) is 17.5. The third-order valence-electron chi connectivity index (χ3n) is 4.19. The highest BCUT2D eigenvalue weighted by Gasteiger charge is 2.29. The average Bonchev–Trinajstić information content (AvgIpc) is 3.16. The maximum atomic E-state index is 12.8. The maximum Gasteiger partial charge on any atom is 0.310 e. The van der Waals surface area contributed by atoms with Crippen LogP contribution in [-0.2, 0) is 9.53 Å². The zero-order chi connectivity index (χ0) is 16.9. The largest absolute Gasteiger partial charge is 0.466 e. The van der Waals surface area contributed by atoms with Gasteiger partial charge in [-0.05, 0) is 44.0 Å². The molecule has 6 nitrogen and oxygen atoms in total. The molecule has 1 aliphatic heterocycles. The second-order valence-electron chi connectivity index (χ2n) is 5.84. The van der Waals surface area contributed by atoms with E-state index < -0.39 is 0 Å². The summed E-state index contributed by atoms with van der Waals surface area (Å²) in [6.45, 7) is 3.25. The van der Waals surface area contributed by atoms with Gasteiger partial charge < -0.3 is 9.64 Å². The molecule has 0 saturated carbocycles. The third-order valence-corrected chi connectivity index (χ3v) is 4.19. The Labute approximate surface area is 141 Å². The van der Waals surface area contributed by atoms with Gasteiger partial charge in [-0.2, -0.15) is 5.10 Å². The molecule has 2 heterocycles. The summed E-state index contributed by atoms with van der Waals surface area (Å²) in [6.07, 6.45) is 5.12. The van der Waals surface area contributed by atoms with Crippen LogP contribution >= 0.6 is 0 Å². The number of aromatic nitrogens is 2. The number of hydrogen-bond acceptors (Lipinski definition) is 4. The molecular weight excluding hydrogens is 306 g/mol. The summed E-state index contributed by atoms with van der Waals surface area (Å²) in [5.74, 6) is -0.491. The molecule has 1 saturated heterocycles. The van der Waals surface area contributed by atoms with E-state index in [2.05, 4.69) is 5.10 Å². The van der Waals surface area contributed by atoms with Crippen LogP contribution < -0.4 is 0 Å². The average molecular weight is 327 g/mol. The molecule has 126 valence electrons. The lowest BCUT2D eigenvalue weighted by Gasteiger charge is -2.31. The van der Waals surface area contributed by atoms with E-state index in [9.17, 15) is 9.59 Å². The number of amides is 1. The first-order valence-electron chi connectivity index (χ1n) is 8.25. The van der Waals surface area contributed by atoms with Gasteiger partial charge in [0.1, 0.15) is 0 Å². The second-order valence-corrected chi connectivity index (χ2v) is 5.84. The van der Waals surface area contributed by atoms with Gasteiger partial charge in [0.25, 0.3) is 5.91 Å². The third kappa shape index (κ3) is 3.48. The fourth-order valence-corrected chi connectivity index (χ4v) is 3.00. The van der Waals surface area contributed by atoms with Crippen LogP contribution in [-0.4, -0.2) is 46.3 Å². The molecule has 0 N–H and O–H groups in total. The molecule has 3 rings (SSSR count). The monoisotopic (exact) mass is 327 g/mol. The number of carbonyl (C=O) groups excluding carboxylic acids is 2. The van der Waals surface area contributed by atoms with Crippen molar-refractivity contribution >= 4 is 11.9 Å². The number of ether oxygens (including phenoxy) is 1. The van der Waals surface area contributed by atoms with Gasteiger partial charge in [0, 0.05) is 31.0 Å². The van der Waals surface area contributed by atoms with Gasteiger partial charge in [-0.1, -0.05) is 6.07 Å². The quantitative estimate of drug-likeness (QED) is 0.808. The molecule has 1 aromatic heterocycles. The maximum absolute atomic E-state index is 12.8. The SMILES string of the molecule is CCOC(=O)C1CCCN(C(=O)c2cccc(-n3cccn3)c2)C1. The Bertz CT molecular complexity index is 712. The molecule has 6 heteroatoms. The van der Waals surface area contributed by atoms with Crippen LogP contribution in [0.15, 0.2) is 42.7 Å². The number of esters is 1. The number of nitrogens with zero attached hydrogens (tertiary/aromatic N) is 3. The van der Waals surface area contributed by atoms with Crippen LogP contribution in [0, 0.1) is 5.92 Å². The molecule has 1 atom stereocenters. The molecule has 0 bridgehead atoms. The summed E-state index contributed by atoms with van der Waals surface area (Å²) >= 11 is 0. The summed E-state index contributed by atoms with van der Waals surface area (Å²) in [7, 11) is 0. The summed E-state index contributed by atoms with van der Waals surface area (Å²) in [5.41, 5.74) is 1.44. The van der Waals surface area contributed by atoms with Gasteiger partial charge in [0.05, 0.1) is 18.2 Å². The summed E-state index contributed by atoms with van der Waals surface area (Å²) in [6, 6.07) is 9.20. The Balaban J connectivity index is 1.74. The van der Waals surface area contributed by atoms with E-state index in [-0.39, 0.29) is 17.8 Å². The molecule has 0 spiro atoms. The highest BCUT2D eigenvalue weighted by atomic mass is 16.5. The molecule has 1 aliphatic rings. The van der Waals surface area contributed by atoms with Crippen LogP contribution in [0.3, 0.4) is 0 Å². The first kappa shape index (κ1) is 16.2. The summed E-state index contributed by atoms with van der Waals surface area (Å²) in [4.78, 5) is 26.5. The highest BCUT2D eigenvalue weighted by Crippen LogP contribution is 2.20. The minimum absolute atomic E-state index is 0.0574. The molecule has 1 amide bonds. The van der Waals surface area contributed by atoms with Crippen molar-refractivity contribution in [1.82, 2.24) is 14.7 Å². The van der Waals surface area contributed by atoms with Gasteiger partial charge in [-0.3, -0.25) is 9.59 Å². The molecule has 24 heavy (non-hydrogen) atoms. The predicted molar refractivity (Wildman–Crippen MR) is 88.8 cm³/mol. The fourth-order valence-electron chi connectivity index (χ4n) is 3.00. The number of rotatable bonds is 4. The van der Waals surface area contributed by atoms with E-state index in [1.807, 2.05) is 30.5 Å². The highest BCUT2D eigenvalue weighted by molar-refractivity contribution is 5.95. The smallest absolute Gasteiger partial charge is 0.310 e. The number of piperidine rings is 1. The van der Waals surface area contributed by atoms with E-state index in [0.29, 0.717) is 25.3 Å². The number of likely N-dealkylation sites (tertiary alicyclic amines) is 1. The van der Waals surface area contributed by atoms with E-state index in [1.165, 1.54) is 0 Å². The Morgan fingerprint density at radius 1 is 1.33 bits per heavy atom. The molecule has 0 aliphatic carbocycles. The minimum atomic E-state index is -0.225. The van der Waals surface area contributed by atoms with Gasteiger partial charge in [0.15, 0.2) is 0 Å². The van der Waals surface area contributed by atoms with Crippen molar-refractivity contribution in [2.75, 3.05) is 19.7 Å². The first-order valence-corrected chi connectivity index (χ1v) is 8.25. The Morgan fingerprint density at radius 3 is 2.96 bits per heavy atom. The van der Waals surface area contributed by atoms with Crippen molar-refractivity contribution in [2.45, 2.75) is 19.8 Å². The zero-order valence-corrected chi connectivity index (χ0v) is 13.7. The van der Waals surface area contributed by atoms with E-state index >= 15 is 0 Å². The van der Waals surface area contributed by atoms with Gasteiger partial charge >= 0.3 is 5.97 Å². The van der Waals surface area contributed by atoms with Gasteiger partial charge in [-0.25, -0.2) is 4.68 Å². The standard InChI is InChI=1S/C18H21N3O3/c1-2-24-18(23)15-7-4-10-20(13-15)17(22)14-6-3-8-16(12-14)21-11-5-9-19-21/h3,5-6,8-9,11-12,15H,2,4,7,10,13H2,1H3. The minimum Gasteiger partial charge on any atom is -0.466 e. The topological polar surface area (TPSA) is 64.4 Å². The fraction of sp³-hybridized carbons (Fsp3) is 0.389. The molecule has 0 radical (unpaired) electrons. The van der Waals surface area contributed by atoms with Crippen molar-refractivity contribution in [3.63, 3.8) is 0 Å². The van der Waals surface area contributed by atoms with Crippen molar-refractivity contribution in [1.29, 1.82) is 0 Å². The predicted octanol–water partition coefficient (Wildman–Crippen LogP) is 2.29. The molecular formula is C18H21N3O3. The Hall–Kier alpha value is -2.63. The zero-order valence-electron chi connectivity index (χ0n) is 13.7.